The summed E-state index contributed by atoms with van der Waals surface area (Å²) in [4.78, 5) is 8.17. The molecule has 0 aliphatic rings. The molecule has 0 radical (unpaired) electrons. The molecule has 0 atom stereocenters. The van der Waals surface area contributed by atoms with Crippen molar-refractivity contribution in [2.75, 3.05) is 5.73 Å². The molecular weight excluding hydrogens is 226 g/mol. The number of nitrogens with two attached hydrogens (primary N) is 1. The average Bonchev–Trinajstić information content (AvgIpc) is 2.40. The van der Waals surface area contributed by atoms with Crippen molar-refractivity contribution < 1.29 is 4.74 Å². The maximum atomic E-state index is 5.88. The fourth-order valence-electron chi connectivity index (χ4n) is 1.80. The molecule has 0 aliphatic carbocycles. The number of para-hydroxylation sites is 1. The first-order valence-electron chi connectivity index (χ1n) is 5.57. The van der Waals surface area contributed by atoms with Gasteiger partial charge in [-0.1, -0.05) is 24.3 Å². The Bertz CT molecular complexity index is 678. The van der Waals surface area contributed by atoms with Crippen LogP contribution in [0.2, 0.25) is 0 Å². The maximum absolute atomic E-state index is 5.88. The lowest BCUT2D eigenvalue weighted by Crippen LogP contribution is -1.95. The molecule has 0 saturated heterocycles. The van der Waals surface area contributed by atoms with Crippen LogP contribution in [0.1, 0.15) is 0 Å². The van der Waals surface area contributed by atoms with E-state index in [1.807, 2.05) is 48.5 Å². The summed E-state index contributed by atoms with van der Waals surface area (Å²) in [6.07, 6.45) is 1.45. The van der Waals surface area contributed by atoms with E-state index >= 15 is 0 Å². The average molecular weight is 237 g/mol. The van der Waals surface area contributed by atoms with Crippen LogP contribution in [-0.4, -0.2) is 9.97 Å². The molecule has 0 fully saturated rings. The van der Waals surface area contributed by atoms with Gasteiger partial charge in [0.05, 0.1) is 10.9 Å². The van der Waals surface area contributed by atoms with Crippen molar-refractivity contribution in [2.24, 2.45) is 0 Å². The van der Waals surface area contributed by atoms with E-state index in [1.165, 1.54) is 6.33 Å². The van der Waals surface area contributed by atoms with Crippen LogP contribution in [0.3, 0.4) is 0 Å². The Labute approximate surface area is 104 Å². The fraction of sp³-hybridized carbons (Fsp3) is 0. The third-order valence-corrected chi connectivity index (χ3v) is 2.63. The first-order valence-corrected chi connectivity index (χ1v) is 5.57. The van der Waals surface area contributed by atoms with E-state index in [2.05, 4.69) is 9.97 Å². The maximum Gasteiger partial charge on any atom is 0.140 e. The third kappa shape index (κ3) is 1.84. The Kier molecular flexibility index (Phi) is 2.53. The highest BCUT2D eigenvalue weighted by Gasteiger charge is 2.07. The van der Waals surface area contributed by atoms with E-state index in [0.29, 0.717) is 11.6 Å². The van der Waals surface area contributed by atoms with Crippen molar-refractivity contribution in [3.05, 3.63) is 54.9 Å². The summed E-state index contributed by atoms with van der Waals surface area (Å²) in [5, 5.41) is 0.740. The number of benzene rings is 2. The molecule has 4 heteroatoms. The van der Waals surface area contributed by atoms with Gasteiger partial charge in [-0.05, 0) is 24.3 Å². The van der Waals surface area contributed by atoms with Gasteiger partial charge in [0.15, 0.2) is 0 Å². The number of ether oxygens (including phenoxy) is 1. The molecule has 0 aliphatic heterocycles. The first kappa shape index (κ1) is 10.5. The predicted molar refractivity (Wildman–Crippen MR) is 70.5 cm³/mol. The van der Waals surface area contributed by atoms with E-state index in [-0.39, 0.29) is 0 Å². The van der Waals surface area contributed by atoms with Gasteiger partial charge in [0.2, 0.25) is 0 Å². The molecule has 3 rings (SSSR count). The van der Waals surface area contributed by atoms with Crippen LogP contribution in [0.25, 0.3) is 10.9 Å². The van der Waals surface area contributed by atoms with E-state index < -0.39 is 0 Å². The predicted octanol–water partition coefficient (Wildman–Crippen LogP) is 3.00. The minimum Gasteiger partial charge on any atom is -0.457 e. The van der Waals surface area contributed by atoms with Gasteiger partial charge >= 0.3 is 0 Å². The molecule has 3 aromatic rings. The van der Waals surface area contributed by atoms with Crippen LogP contribution in [0.15, 0.2) is 54.9 Å². The molecule has 2 N–H and O–H groups in total. The summed E-state index contributed by atoms with van der Waals surface area (Å²) >= 11 is 0. The number of anilines is 1. The zero-order valence-electron chi connectivity index (χ0n) is 9.58. The Morgan fingerprint density at radius 2 is 1.72 bits per heavy atom. The summed E-state index contributed by atoms with van der Waals surface area (Å²) < 4.78 is 5.81. The molecule has 2 aromatic carbocycles. The molecule has 88 valence electrons. The van der Waals surface area contributed by atoms with Crippen LogP contribution >= 0.6 is 0 Å². The number of aromatic nitrogens is 2. The van der Waals surface area contributed by atoms with E-state index in [4.69, 9.17) is 10.5 Å². The van der Waals surface area contributed by atoms with Crippen molar-refractivity contribution in [3.63, 3.8) is 0 Å². The van der Waals surface area contributed by atoms with Crippen molar-refractivity contribution >= 4 is 16.7 Å². The Morgan fingerprint density at radius 3 is 2.56 bits per heavy atom. The number of hydrogen-bond acceptors (Lipinski definition) is 4. The topological polar surface area (TPSA) is 61.0 Å². The van der Waals surface area contributed by atoms with Gasteiger partial charge in [0, 0.05) is 0 Å². The molecule has 0 bridgehead atoms. The fourth-order valence-corrected chi connectivity index (χ4v) is 1.80. The number of nitrogen functional groups attached to an aromatic ring is 1. The van der Waals surface area contributed by atoms with E-state index in [9.17, 15) is 0 Å². The van der Waals surface area contributed by atoms with Crippen molar-refractivity contribution in [2.45, 2.75) is 0 Å². The van der Waals surface area contributed by atoms with Crippen LogP contribution in [0.5, 0.6) is 11.5 Å². The summed E-state index contributed by atoms with van der Waals surface area (Å²) in [7, 11) is 0. The van der Waals surface area contributed by atoms with Gasteiger partial charge in [-0.2, -0.15) is 0 Å². The number of rotatable bonds is 2. The van der Waals surface area contributed by atoms with E-state index in [1.54, 1.807) is 0 Å². The summed E-state index contributed by atoms with van der Waals surface area (Å²) in [6.45, 7) is 0. The smallest absolute Gasteiger partial charge is 0.140 e. The molecule has 0 saturated carbocycles. The van der Waals surface area contributed by atoms with E-state index in [0.717, 1.165) is 16.7 Å². The highest BCUT2D eigenvalue weighted by Crippen LogP contribution is 2.31. The molecular formula is C14H11N3O. The summed E-state index contributed by atoms with van der Waals surface area (Å²) in [6, 6.07) is 15.2. The van der Waals surface area contributed by atoms with Crippen LogP contribution in [0, 0.1) is 0 Å². The normalized spacial score (nSPS) is 10.4. The largest absolute Gasteiger partial charge is 0.457 e. The molecule has 0 amide bonds. The lowest BCUT2D eigenvalue weighted by molar-refractivity contribution is 0.488. The lowest BCUT2D eigenvalue weighted by atomic mass is 10.2. The second kappa shape index (κ2) is 4.33. The van der Waals surface area contributed by atoms with Crippen LogP contribution in [0.4, 0.5) is 5.82 Å². The highest BCUT2D eigenvalue weighted by molar-refractivity contribution is 5.93. The van der Waals surface area contributed by atoms with Crippen LogP contribution in [-0.2, 0) is 0 Å². The summed E-state index contributed by atoms with van der Waals surface area (Å²) in [5.41, 5.74) is 6.65. The Hall–Kier alpha value is -2.62. The minimum atomic E-state index is 0.423. The zero-order chi connectivity index (χ0) is 12.4. The second-order valence-electron chi connectivity index (χ2n) is 3.82. The summed E-state index contributed by atoms with van der Waals surface area (Å²) in [5.74, 6) is 1.84. The molecule has 0 spiro atoms. The molecule has 18 heavy (non-hydrogen) atoms. The minimum absolute atomic E-state index is 0.423. The van der Waals surface area contributed by atoms with Gasteiger partial charge in [0.25, 0.3) is 0 Å². The lowest BCUT2D eigenvalue weighted by Gasteiger charge is -2.09. The Balaban J connectivity index is 2.12. The zero-order valence-corrected chi connectivity index (χ0v) is 9.58. The van der Waals surface area contributed by atoms with Gasteiger partial charge in [-0.25, -0.2) is 9.97 Å². The molecule has 4 nitrogen and oxygen atoms in total. The number of fused-ring (bicyclic) bond motifs is 1. The number of nitrogens with zero attached hydrogens (tertiary/aromatic N) is 2. The highest BCUT2D eigenvalue weighted by atomic mass is 16.5. The first-order chi connectivity index (χ1) is 8.84. The Morgan fingerprint density at radius 1 is 0.889 bits per heavy atom. The van der Waals surface area contributed by atoms with Crippen molar-refractivity contribution in [3.8, 4) is 11.5 Å². The standard InChI is InChI=1S/C14H11N3O/c15-14-13-11(16-9-17-14)7-4-8-12(13)18-10-5-2-1-3-6-10/h1-9H,(H2,15,16,17). The molecule has 1 aromatic heterocycles. The number of hydrogen-bond donors (Lipinski definition) is 1. The van der Waals surface area contributed by atoms with Crippen LogP contribution < -0.4 is 10.5 Å². The SMILES string of the molecule is Nc1ncnc2cccc(Oc3ccccc3)c12. The molecule has 0 unspecified atom stereocenters. The van der Waals surface area contributed by atoms with Gasteiger partial charge in [-0.15, -0.1) is 0 Å². The second-order valence-corrected chi connectivity index (χ2v) is 3.82. The van der Waals surface area contributed by atoms with Gasteiger partial charge in [0.1, 0.15) is 23.6 Å². The van der Waals surface area contributed by atoms with Gasteiger partial charge < -0.3 is 10.5 Å². The third-order valence-electron chi connectivity index (χ3n) is 2.63. The molecule has 1 heterocycles. The monoisotopic (exact) mass is 237 g/mol. The quantitative estimate of drug-likeness (QED) is 0.744. The van der Waals surface area contributed by atoms with Gasteiger partial charge in [-0.3, -0.25) is 0 Å². The van der Waals surface area contributed by atoms with Crippen molar-refractivity contribution in [1.82, 2.24) is 9.97 Å². The van der Waals surface area contributed by atoms with Crippen molar-refractivity contribution in [1.29, 1.82) is 0 Å².